The van der Waals surface area contributed by atoms with Gasteiger partial charge in [-0.25, -0.2) is 0 Å². The monoisotopic (exact) mass is 178 g/mol. The summed E-state index contributed by atoms with van der Waals surface area (Å²) < 4.78 is 0. The van der Waals surface area contributed by atoms with Gasteiger partial charge in [-0.2, -0.15) is 12.6 Å². The van der Waals surface area contributed by atoms with Crippen LogP contribution in [0.15, 0.2) is 18.2 Å². The normalized spacial score (nSPS) is 14.9. The van der Waals surface area contributed by atoms with Crippen molar-refractivity contribution in [3.05, 3.63) is 34.9 Å². The molecule has 2 heteroatoms. The first-order valence-electron chi connectivity index (χ1n) is 4.07. The van der Waals surface area contributed by atoms with Crippen LogP contribution in [0.5, 0.6) is 0 Å². The van der Waals surface area contributed by atoms with Gasteiger partial charge in [0.05, 0.1) is 0 Å². The van der Waals surface area contributed by atoms with Crippen molar-refractivity contribution in [2.45, 2.75) is 18.6 Å². The van der Waals surface area contributed by atoms with E-state index in [2.05, 4.69) is 12.6 Å². The average Bonchev–Trinajstić information content (AvgIpc) is 2.47. The van der Waals surface area contributed by atoms with E-state index in [-0.39, 0.29) is 5.78 Å². The first-order chi connectivity index (χ1) is 5.81. The van der Waals surface area contributed by atoms with Crippen LogP contribution >= 0.6 is 12.6 Å². The lowest BCUT2D eigenvalue weighted by Crippen LogP contribution is -1.92. The van der Waals surface area contributed by atoms with Gasteiger partial charge in [0.1, 0.15) is 0 Å². The quantitative estimate of drug-likeness (QED) is 0.653. The van der Waals surface area contributed by atoms with Crippen LogP contribution in [0.25, 0.3) is 0 Å². The fourth-order valence-electron chi connectivity index (χ4n) is 1.58. The van der Waals surface area contributed by atoms with Crippen LogP contribution in [0.2, 0.25) is 0 Å². The highest BCUT2D eigenvalue weighted by Gasteiger charge is 2.18. The highest BCUT2D eigenvalue weighted by Crippen LogP contribution is 2.23. The van der Waals surface area contributed by atoms with Crippen LogP contribution in [0.4, 0.5) is 0 Å². The Balaban J connectivity index is 2.50. The summed E-state index contributed by atoms with van der Waals surface area (Å²) >= 11 is 4.17. The smallest absolute Gasteiger partial charge is 0.163 e. The SMILES string of the molecule is O=C1CCc2ccc(CS)cc21. The molecule has 0 bridgehead atoms. The number of carbonyl (C=O) groups excluding carboxylic acids is 1. The number of fused-ring (bicyclic) bond motifs is 1. The molecule has 0 atom stereocenters. The molecule has 0 saturated carbocycles. The Morgan fingerprint density at radius 1 is 1.33 bits per heavy atom. The zero-order valence-corrected chi connectivity index (χ0v) is 7.60. The van der Waals surface area contributed by atoms with Crippen LogP contribution in [0, 0.1) is 0 Å². The maximum atomic E-state index is 11.3. The van der Waals surface area contributed by atoms with Crippen LogP contribution in [0.3, 0.4) is 0 Å². The molecule has 0 unspecified atom stereocenters. The zero-order valence-electron chi connectivity index (χ0n) is 6.71. The summed E-state index contributed by atoms with van der Waals surface area (Å²) in [6.45, 7) is 0. The van der Waals surface area contributed by atoms with Gasteiger partial charge in [-0.05, 0) is 23.6 Å². The summed E-state index contributed by atoms with van der Waals surface area (Å²) in [7, 11) is 0. The van der Waals surface area contributed by atoms with Gasteiger partial charge in [0.25, 0.3) is 0 Å². The Morgan fingerprint density at radius 2 is 2.17 bits per heavy atom. The van der Waals surface area contributed by atoms with Gasteiger partial charge in [0.2, 0.25) is 0 Å². The van der Waals surface area contributed by atoms with Gasteiger partial charge in [0, 0.05) is 17.7 Å². The van der Waals surface area contributed by atoms with Crippen LogP contribution in [0.1, 0.15) is 27.9 Å². The number of hydrogen-bond donors (Lipinski definition) is 1. The highest BCUT2D eigenvalue weighted by atomic mass is 32.1. The number of aryl methyl sites for hydroxylation is 1. The van der Waals surface area contributed by atoms with E-state index in [0.717, 1.165) is 17.5 Å². The summed E-state index contributed by atoms with van der Waals surface area (Å²) in [4.78, 5) is 11.3. The molecule has 0 N–H and O–H groups in total. The summed E-state index contributed by atoms with van der Waals surface area (Å²) in [5.74, 6) is 0.995. The van der Waals surface area contributed by atoms with E-state index < -0.39 is 0 Å². The lowest BCUT2D eigenvalue weighted by Gasteiger charge is -1.99. The standard InChI is InChI=1S/C10H10OS/c11-10-4-3-8-2-1-7(6-12)5-9(8)10/h1-2,5,12H,3-4,6H2. The Kier molecular flexibility index (Phi) is 1.93. The van der Waals surface area contributed by atoms with E-state index in [1.807, 2.05) is 18.2 Å². The third-order valence-electron chi connectivity index (χ3n) is 2.28. The van der Waals surface area contributed by atoms with E-state index >= 15 is 0 Å². The number of rotatable bonds is 1. The molecular weight excluding hydrogens is 168 g/mol. The van der Waals surface area contributed by atoms with Crippen LogP contribution in [-0.4, -0.2) is 5.78 Å². The predicted octanol–water partition coefficient (Wildman–Crippen LogP) is 2.25. The molecule has 12 heavy (non-hydrogen) atoms. The number of thiol groups is 1. The van der Waals surface area contributed by atoms with Gasteiger partial charge in [-0.1, -0.05) is 12.1 Å². The van der Waals surface area contributed by atoms with Crippen molar-refractivity contribution in [2.75, 3.05) is 0 Å². The molecule has 0 heterocycles. The molecule has 0 spiro atoms. The highest BCUT2D eigenvalue weighted by molar-refractivity contribution is 7.79. The van der Waals surface area contributed by atoms with Crippen molar-refractivity contribution in [1.82, 2.24) is 0 Å². The summed E-state index contributed by atoms with van der Waals surface area (Å²) in [6, 6.07) is 6.06. The van der Waals surface area contributed by atoms with Gasteiger partial charge < -0.3 is 0 Å². The summed E-state index contributed by atoms with van der Waals surface area (Å²) in [5, 5.41) is 0. The molecule has 62 valence electrons. The lowest BCUT2D eigenvalue weighted by atomic mass is 10.1. The third kappa shape index (κ3) is 1.16. The molecular formula is C10H10OS. The molecule has 1 aromatic carbocycles. The molecule has 0 aliphatic heterocycles. The molecule has 1 aliphatic carbocycles. The molecule has 0 radical (unpaired) electrons. The number of benzene rings is 1. The average molecular weight is 178 g/mol. The minimum atomic E-state index is 0.286. The second-order valence-electron chi connectivity index (χ2n) is 3.07. The van der Waals surface area contributed by atoms with Gasteiger partial charge in [-0.15, -0.1) is 0 Å². The van der Waals surface area contributed by atoms with Gasteiger partial charge in [0.15, 0.2) is 5.78 Å². The fourth-order valence-corrected chi connectivity index (χ4v) is 1.78. The van der Waals surface area contributed by atoms with E-state index in [1.54, 1.807) is 0 Å². The number of Topliss-reactive ketones (excluding diaryl/α,β-unsaturated/α-hetero) is 1. The fraction of sp³-hybridized carbons (Fsp3) is 0.300. The molecule has 0 fully saturated rings. The molecule has 1 aliphatic rings. The Bertz CT molecular complexity index is 331. The topological polar surface area (TPSA) is 17.1 Å². The lowest BCUT2D eigenvalue weighted by molar-refractivity contribution is 0.0994. The molecule has 2 rings (SSSR count). The zero-order chi connectivity index (χ0) is 8.55. The van der Waals surface area contributed by atoms with Crippen molar-refractivity contribution in [3.63, 3.8) is 0 Å². The van der Waals surface area contributed by atoms with Crippen molar-refractivity contribution in [2.24, 2.45) is 0 Å². The summed E-state index contributed by atoms with van der Waals surface area (Å²) in [6.07, 6.45) is 1.60. The first-order valence-corrected chi connectivity index (χ1v) is 4.70. The van der Waals surface area contributed by atoms with E-state index in [1.165, 1.54) is 5.56 Å². The Labute approximate surface area is 77.2 Å². The maximum absolute atomic E-state index is 11.3. The van der Waals surface area contributed by atoms with E-state index in [0.29, 0.717) is 12.2 Å². The minimum absolute atomic E-state index is 0.286. The van der Waals surface area contributed by atoms with Crippen molar-refractivity contribution in [1.29, 1.82) is 0 Å². The maximum Gasteiger partial charge on any atom is 0.163 e. The molecule has 0 saturated heterocycles. The Morgan fingerprint density at radius 3 is 2.92 bits per heavy atom. The van der Waals surface area contributed by atoms with Crippen LogP contribution < -0.4 is 0 Å². The predicted molar refractivity (Wildman–Crippen MR) is 51.8 cm³/mol. The second kappa shape index (κ2) is 2.94. The van der Waals surface area contributed by atoms with Crippen molar-refractivity contribution >= 4 is 18.4 Å². The van der Waals surface area contributed by atoms with Crippen molar-refractivity contribution < 1.29 is 4.79 Å². The molecule has 0 amide bonds. The van der Waals surface area contributed by atoms with Crippen molar-refractivity contribution in [3.8, 4) is 0 Å². The Hall–Kier alpha value is -0.760. The third-order valence-corrected chi connectivity index (χ3v) is 2.64. The summed E-state index contributed by atoms with van der Waals surface area (Å²) in [5.41, 5.74) is 3.25. The largest absolute Gasteiger partial charge is 0.294 e. The van der Waals surface area contributed by atoms with E-state index in [4.69, 9.17) is 0 Å². The number of hydrogen-bond acceptors (Lipinski definition) is 2. The van der Waals surface area contributed by atoms with E-state index in [9.17, 15) is 4.79 Å². The van der Waals surface area contributed by atoms with Gasteiger partial charge >= 0.3 is 0 Å². The number of ketones is 1. The van der Waals surface area contributed by atoms with Gasteiger partial charge in [-0.3, -0.25) is 4.79 Å². The van der Waals surface area contributed by atoms with Crippen LogP contribution in [-0.2, 0) is 12.2 Å². The minimum Gasteiger partial charge on any atom is -0.294 e. The second-order valence-corrected chi connectivity index (χ2v) is 3.39. The molecule has 0 aromatic heterocycles. The number of carbonyl (C=O) groups is 1. The first kappa shape index (κ1) is 7.87. The molecule has 1 nitrogen and oxygen atoms in total. The molecule has 1 aromatic rings.